The summed E-state index contributed by atoms with van der Waals surface area (Å²) in [5, 5.41) is 19.7. The van der Waals surface area contributed by atoms with Gasteiger partial charge >= 0.3 is 0 Å². The van der Waals surface area contributed by atoms with Gasteiger partial charge < -0.3 is 5.32 Å². The van der Waals surface area contributed by atoms with E-state index in [4.69, 9.17) is 10.8 Å². The Bertz CT molecular complexity index is 590. The summed E-state index contributed by atoms with van der Waals surface area (Å²) in [6.07, 6.45) is 0. The number of halogens is 1. The van der Waals surface area contributed by atoms with Crippen LogP contribution in [0.25, 0.3) is 0 Å². The van der Waals surface area contributed by atoms with Crippen LogP contribution in [0.4, 0.5) is 11.4 Å². The topological polar surface area (TPSA) is 63.0 Å². The van der Waals surface area contributed by atoms with Crippen LogP contribution in [0.1, 0.15) is 31.9 Å². The summed E-state index contributed by atoms with van der Waals surface area (Å²) >= 11 is 3.59. The molecule has 19 heavy (non-hydrogen) atoms. The number of anilines is 2. The van der Waals surface area contributed by atoms with Gasteiger partial charge in [0.2, 0.25) is 0 Å². The minimum absolute atomic E-state index is 0.361. The van der Waals surface area contributed by atoms with Crippen LogP contribution < -0.4 is 10.2 Å². The van der Waals surface area contributed by atoms with Crippen molar-refractivity contribution in [2.45, 2.75) is 40.2 Å². The summed E-state index contributed by atoms with van der Waals surface area (Å²) in [5.41, 5.74) is 3.59. The lowest BCUT2D eigenvalue weighted by atomic mass is 9.94. The largest absolute Gasteiger partial charge is 0.371 e. The van der Waals surface area contributed by atoms with Crippen molar-refractivity contribution in [2.24, 2.45) is 0 Å². The van der Waals surface area contributed by atoms with Gasteiger partial charge in [-0.2, -0.15) is 0 Å². The summed E-state index contributed by atoms with van der Waals surface area (Å²) < 4.78 is 1.03. The summed E-state index contributed by atoms with van der Waals surface area (Å²) in [7, 11) is 0. The summed E-state index contributed by atoms with van der Waals surface area (Å²) in [4.78, 5) is 1.71. The monoisotopic (exact) mass is 322 g/mol. The standard InChI is InChI=1S/C14H19BrN4/c1-7-6-10-12(8(2)11(7)15)19(9(3)16)13(17)14(4,5)18-10/h6,16-18H,1-5H3. The molecule has 4 nitrogen and oxygen atoms in total. The highest BCUT2D eigenvalue weighted by atomic mass is 79.9. The molecule has 1 aliphatic rings. The third-order valence-corrected chi connectivity index (χ3v) is 4.69. The lowest BCUT2D eigenvalue weighted by Crippen LogP contribution is -2.55. The van der Waals surface area contributed by atoms with E-state index in [0.29, 0.717) is 11.7 Å². The molecule has 102 valence electrons. The van der Waals surface area contributed by atoms with Crippen LogP contribution in [0, 0.1) is 24.7 Å². The lowest BCUT2D eigenvalue weighted by Gasteiger charge is -2.43. The van der Waals surface area contributed by atoms with Crippen molar-refractivity contribution in [1.82, 2.24) is 0 Å². The van der Waals surface area contributed by atoms with Crippen molar-refractivity contribution >= 4 is 39.0 Å². The van der Waals surface area contributed by atoms with Gasteiger partial charge in [0, 0.05) is 4.47 Å². The highest BCUT2D eigenvalue weighted by Gasteiger charge is 2.37. The van der Waals surface area contributed by atoms with Gasteiger partial charge in [-0.25, -0.2) is 0 Å². The Labute approximate surface area is 122 Å². The molecule has 1 heterocycles. The lowest BCUT2D eigenvalue weighted by molar-refractivity contribution is 0.731. The van der Waals surface area contributed by atoms with Gasteiger partial charge in [0.05, 0.1) is 16.9 Å². The fraction of sp³-hybridized carbons (Fsp3) is 0.429. The van der Waals surface area contributed by atoms with Gasteiger partial charge in [-0.05, 0) is 51.8 Å². The first-order valence-electron chi connectivity index (χ1n) is 6.19. The molecule has 0 saturated heterocycles. The Morgan fingerprint density at radius 3 is 2.47 bits per heavy atom. The molecule has 0 spiro atoms. The van der Waals surface area contributed by atoms with Crippen LogP contribution >= 0.6 is 15.9 Å². The molecule has 0 amide bonds. The Kier molecular flexibility index (Phi) is 3.21. The number of aryl methyl sites for hydroxylation is 1. The molecular formula is C14H19BrN4. The van der Waals surface area contributed by atoms with E-state index in [1.165, 1.54) is 0 Å². The second kappa shape index (κ2) is 4.34. The van der Waals surface area contributed by atoms with Gasteiger partial charge in [-0.3, -0.25) is 15.7 Å². The number of hydrogen-bond donors (Lipinski definition) is 3. The summed E-state index contributed by atoms with van der Waals surface area (Å²) in [5.74, 6) is 0.756. The molecule has 1 aromatic carbocycles. The smallest absolute Gasteiger partial charge is 0.132 e. The number of amidine groups is 2. The Morgan fingerprint density at radius 2 is 1.95 bits per heavy atom. The van der Waals surface area contributed by atoms with Crippen LogP contribution in [0.5, 0.6) is 0 Å². The van der Waals surface area contributed by atoms with Gasteiger partial charge in [0.25, 0.3) is 0 Å². The molecule has 0 atom stereocenters. The maximum Gasteiger partial charge on any atom is 0.132 e. The maximum atomic E-state index is 8.34. The number of fused-ring (bicyclic) bond motifs is 1. The Hall–Kier alpha value is -1.36. The highest BCUT2D eigenvalue weighted by Crippen LogP contribution is 2.42. The molecule has 0 radical (unpaired) electrons. The number of benzene rings is 1. The van der Waals surface area contributed by atoms with E-state index in [1.54, 1.807) is 11.8 Å². The molecule has 0 saturated carbocycles. The van der Waals surface area contributed by atoms with Crippen LogP contribution in [0.15, 0.2) is 10.5 Å². The average Bonchev–Trinajstić information content (AvgIpc) is 2.28. The normalized spacial score (nSPS) is 16.9. The highest BCUT2D eigenvalue weighted by molar-refractivity contribution is 9.10. The van der Waals surface area contributed by atoms with E-state index in [2.05, 4.69) is 27.3 Å². The first kappa shape index (κ1) is 14.1. The van der Waals surface area contributed by atoms with Gasteiger partial charge in [-0.15, -0.1) is 0 Å². The van der Waals surface area contributed by atoms with E-state index in [1.807, 2.05) is 27.7 Å². The molecule has 5 heteroatoms. The van der Waals surface area contributed by atoms with E-state index in [0.717, 1.165) is 27.0 Å². The number of nitrogens with zero attached hydrogens (tertiary/aromatic N) is 1. The molecular weight excluding hydrogens is 304 g/mol. The molecule has 0 bridgehead atoms. The summed E-state index contributed by atoms with van der Waals surface area (Å²) in [6.45, 7) is 9.70. The molecule has 0 fully saturated rings. The van der Waals surface area contributed by atoms with Crippen LogP contribution in [0.2, 0.25) is 0 Å². The fourth-order valence-corrected chi connectivity index (χ4v) is 2.76. The van der Waals surface area contributed by atoms with E-state index < -0.39 is 5.54 Å². The van der Waals surface area contributed by atoms with Crippen LogP contribution in [-0.2, 0) is 0 Å². The average molecular weight is 323 g/mol. The zero-order chi connectivity index (χ0) is 14.5. The zero-order valence-corrected chi connectivity index (χ0v) is 13.5. The summed E-state index contributed by atoms with van der Waals surface area (Å²) in [6, 6.07) is 2.07. The van der Waals surface area contributed by atoms with Crippen molar-refractivity contribution in [3.05, 3.63) is 21.7 Å². The zero-order valence-electron chi connectivity index (χ0n) is 11.9. The van der Waals surface area contributed by atoms with Crippen molar-refractivity contribution in [2.75, 3.05) is 10.2 Å². The van der Waals surface area contributed by atoms with Gasteiger partial charge in [0.1, 0.15) is 11.7 Å². The number of hydrogen-bond acceptors (Lipinski definition) is 3. The first-order chi connectivity index (χ1) is 8.66. The van der Waals surface area contributed by atoms with Crippen molar-refractivity contribution < 1.29 is 0 Å². The molecule has 2 rings (SSSR count). The van der Waals surface area contributed by atoms with Crippen molar-refractivity contribution in [1.29, 1.82) is 10.8 Å². The molecule has 1 aromatic rings. The molecule has 0 aliphatic carbocycles. The van der Waals surface area contributed by atoms with Crippen molar-refractivity contribution in [3.8, 4) is 0 Å². The first-order valence-corrected chi connectivity index (χ1v) is 6.98. The predicted molar refractivity (Wildman–Crippen MR) is 84.9 cm³/mol. The van der Waals surface area contributed by atoms with Crippen LogP contribution in [-0.4, -0.2) is 17.2 Å². The minimum atomic E-state index is -0.484. The quantitative estimate of drug-likeness (QED) is 0.498. The third-order valence-electron chi connectivity index (χ3n) is 3.47. The molecule has 1 aliphatic heterocycles. The maximum absolute atomic E-state index is 8.34. The fourth-order valence-electron chi connectivity index (χ4n) is 2.46. The van der Waals surface area contributed by atoms with Gasteiger partial charge in [-0.1, -0.05) is 15.9 Å². The predicted octanol–water partition coefficient (Wildman–Crippen LogP) is 4.05. The second-order valence-corrected chi connectivity index (χ2v) is 6.34. The Balaban J connectivity index is 2.78. The minimum Gasteiger partial charge on any atom is -0.371 e. The van der Waals surface area contributed by atoms with E-state index in [-0.39, 0.29) is 0 Å². The molecule has 0 unspecified atom stereocenters. The van der Waals surface area contributed by atoms with Crippen LogP contribution in [0.3, 0.4) is 0 Å². The number of nitrogens with one attached hydrogen (secondary N) is 3. The number of rotatable bonds is 0. The van der Waals surface area contributed by atoms with E-state index in [9.17, 15) is 0 Å². The van der Waals surface area contributed by atoms with Gasteiger partial charge in [0.15, 0.2) is 0 Å². The van der Waals surface area contributed by atoms with E-state index >= 15 is 0 Å². The van der Waals surface area contributed by atoms with Crippen molar-refractivity contribution in [3.63, 3.8) is 0 Å². The second-order valence-electron chi connectivity index (χ2n) is 5.55. The SMILES string of the molecule is CC(=N)N1C(=N)C(C)(C)Nc2cc(C)c(Br)c(C)c21. The molecule has 3 N–H and O–H groups in total. The molecule has 0 aromatic heterocycles. The third kappa shape index (κ3) is 2.06. The Morgan fingerprint density at radius 1 is 1.37 bits per heavy atom.